The second-order valence-corrected chi connectivity index (χ2v) is 4.96. The van der Waals surface area contributed by atoms with Gasteiger partial charge < -0.3 is 14.9 Å². The highest BCUT2D eigenvalue weighted by atomic mass is 16.5. The van der Waals surface area contributed by atoms with Gasteiger partial charge in [-0.05, 0) is 31.9 Å². The summed E-state index contributed by atoms with van der Waals surface area (Å²) in [4.78, 5) is 11.2. The fraction of sp³-hybridized carbons (Fsp3) is 0.438. The summed E-state index contributed by atoms with van der Waals surface area (Å²) in [5.74, 6) is -0.312. The van der Waals surface area contributed by atoms with Crippen molar-refractivity contribution in [2.75, 3.05) is 6.61 Å². The number of cyclic esters (lactones) is 1. The molecule has 1 rings (SSSR count). The Morgan fingerprint density at radius 3 is 3.00 bits per heavy atom. The van der Waals surface area contributed by atoms with Gasteiger partial charge in [0, 0.05) is 12.5 Å². The van der Waals surface area contributed by atoms with E-state index >= 15 is 0 Å². The van der Waals surface area contributed by atoms with Gasteiger partial charge in [-0.3, -0.25) is 0 Å². The Morgan fingerprint density at radius 1 is 1.60 bits per heavy atom. The minimum Gasteiger partial charge on any atom is -0.455 e. The summed E-state index contributed by atoms with van der Waals surface area (Å²) in [5, 5.41) is 18.5. The number of rotatable bonds is 6. The Kier molecular flexibility index (Phi) is 6.98. The van der Waals surface area contributed by atoms with E-state index in [0.717, 1.165) is 11.1 Å². The lowest BCUT2D eigenvalue weighted by Gasteiger charge is -2.18. The quantitative estimate of drug-likeness (QED) is 0.443. The lowest BCUT2D eigenvalue weighted by molar-refractivity contribution is -0.142. The summed E-state index contributed by atoms with van der Waals surface area (Å²) < 4.78 is 5.13. The van der Waals surface area contributed by atoms with Gasteiger partial charge in [-0.15, -0.1) is 0 Å². The highest BCUT2D eigenvalue weighted by Gasteiger charge is 2.16. The molecule has 2 atom stereocenters. The van der Waals surface area contributed by atoms with Crippen molar-refractivity contribution < 1.29 is 19.7 Å². The molecule has 0 amide bonds. The zero-order chi connectivity index (χ0) is 15.0. The van der Waals surface area contributed by atoms with Crippen LogP contribution in [0.3, 0.4) is 0 Å². The molecule has 110 valence electrons. The lowest BCUT2D eigenvalue weighted by atomic mass is 10.1. The Hall–Kier alpha value is -1.65. The van der Waals surface area contributed by atoms with Crippen LogP contribution in [-0.4, -0.2) is 35.0 Å². The molecule has 0 aromatic carbocycles. The first kappa shape index (κ1) is 16.4. The topological polar surface area (TPSA) is 66.8 Å². The first-order valence-electron chi connectivity index (χ1n) is 6.68. The Labute approximate surface area is 119 Å². The molecule has 0 saturated heterocycles. The maximum atomic E-state index is 11.2. The van der Waals surface area contributed by atoms with E-state index in [2.05, 4.69) is 0 Å². The molecule has 1 aliphatic heterocycles. The van der Waals surface area contributed by atoms with Crippen molar-refractivity contribution in [3.05, 3.63) is 47.6 Å². The fourth-order valence-corrected chi connectivity index (χ4v) is 1.76. The number of ether oxygens (including phenoxy) is 1. The number of aliphatic hydroxyl groups is 2. The van der Waals surface area contributed by atoms with Crippen LogP contribution in [-0.2, 0) is 9.53 Å². The van der Waals surface area contributed by atoms with E-state index in [1.807, 2.05) is 19.9 Å². The van der Waals surface area contributed by atoms with Crippen LogP contribution >= 0.6 is 0 Å². The van der Waals surface area contributed by atoms with Crippen molar-refractivity contribution >= 4 is 5.97 Å². The van der Waals surface area contributed by atoms with E-state index in [4.69, 9.17) is 9.84 Å². The first-order valence-corrected chi connectivity index (χ1v) is 6.68. The lowest BCUT2D eigenvalue weighted by Crippen LogP contribution is -2.19. The van der Waals surface area contributed by atoms with Gasteiger partial charge in [0.2, 0.25) is 0 Å². The second-order valence-electron chi connectivity index (χ2n) is 4.96. The maximum absolute atomic E-state index is 11.2. The van der Waals surface area contributed by atoms with Crippen molar-refractivity contribution in [2.45, 2.75) is 38.9 Å². The van der Waals surface area contributed by atoms with Gasteiger partial charge in [0.05, 0.1) is 12.7 Å². The molecule has 1 heterocycles. The smallest absolute Gasteiger partial charge is 0.331 e. The van der Waals surface area contributed by atoms with Gasteiger partial charge in [0.1, 0.15) is 6.10 Å². The summed E-state index contributed by atoms with van der Waals surface area (Å²) in [6, 6.07) is 0. The van der Waals surface area contributed by atoms with Gasteiger partial charge in [-0.2, -0.15) is 0 Å². The van der Waals surface area contributed by atoms with Crippen molar-refractivity contribution in [3.8, 4) is 0 Å². The van der Waals surface area contributed by atoms with Crippen LogP contribution in [0, 0.1) is 0 Å². The van der Waals surface area contributed by atoms with Crippen LogP contribution in [0.25, 0.3) is 0 Å². The number of carbonyl (C=O) groups excluding carboxylic acids is 1. The molecule has 0 unspecified atom stereocenters. The molecule has 0 aromatic rings. The summed E-state index contributed by atoms with van der Waals surface area (Å²) in [6.07, 6.45) is 10.6. The number of esters is 1. The predicted molar refractivity (Wildman–Crippen MR) is 78.0 cm³/mol. The van der Waals surface area contributed by atoms with Gasteiger partial charge in [0.25, 0.3) is 0 Å². The summed E-state index contributed by atoms with van der Waals surface area (Å²) >= 11 is 0. The first-order chi connectivity index (χ1) is 9.51. The molecule has 0 saturated carbocycles. The minimum absolute atomic E-state index is 0.0141. The molecule has 0 aromatic heterocycles. The maximum Gasteiger partial charge on any atom is 0.331 e. The normalized spacial score (nSPS) is 22.2. The van der Waals surface area contributed by atoms with Gasteiger partial charge in [0.15, 0.2) is 0 Å². The van der Waals surface area contributed by atoms with Gasteiger partial charge in [-0.1, -0.05) is 29.9 Å². The third-order valence-corrected chi connectivity index (χ3v) is 2.85. The molecule has 0 spiro atoms. The van der Waals surface area contributed by atoms with Crippen molar-refractivity contribution in [1.29, 1.82) is 0 Å². The summed E-state index contributed by atoms with van der Waals surface area (Å²) in [6.45, 7) is 3.72. The molecule has 0 aliphatic carbocycles. The molecule has 0 bridgehead atoms. The Bertz CT molecular complexity index is 443. The van der Waals surface area contributed by atoms with E-state index in [0.29, 0.717) is 12.8 Å². The van der Waals surface area contributed by atoms with E-state index in [1.165, 1.54) is 6.08 Å². The average Bonchev–Trinajstić information content (AvgIpc) is 2.37. The van der Waals surface area contributed by atoms with Crippen molar-refractivity contribution in [3.63, 3.8) is 0 Å². The summed E-state index contributed by atoms with van der Waals surface area (Å²) in [7, 11) is 0. The van der Waals surface area contributed by atoms with E-state index < -0.39 is 6.10 Å². The van der Waals surface area contributed by atoms with Crippen LogP contribution in [0.15, 0.2) is 47.6 Å². The number of hydrogen-bond acceptors (Lipinski definition) is 4. The Morgan fingerprint density at radius 2 is 2.35 bits per heavy atom. The van der Waals surface area contributed by atoms with Crippen LogP contribution in [0.1, 0.15) is 26.7 Å². The standard InChI is InChI=1S/C16H22O4/c1-12(11-17)5-3-6-14(18)7-4-8-15-9-13(2)10-16(19)20-15/h3-6,8,10,14-15,17-18H,7,9,11H2,1-2H3/b6-3-,8-4+,12-5+/t14-,15+/m0/s1. The molecule has 20 heavy (non-hydrogen) atoms. The highest BCUT2D eigenvalue weighted by Crippen LogP contribution is 2.16. The van der Waals surface area contributed by atoms with Crippen molar-refractivity contribution in [1.82, 2.24) is 0 Å². The third-order valence-electron chi connectivity index (χ3n) is 2.85. The van der Waals surface area contributed by atoms with Crippen molar-refractivity contribution in [2.24, 2.45) is 0 Å². The fourth-order valence-electron chi connectivity index (χ4n) is 1.76. The zero-order valence-corrected chi connectivity index (χ0v) is 12.0. The monoisotopic (exact) mass is 278 g/mol. The largest absolute Gasteiger partial charge is 0.455 e. The molecule has 4 heteroatoms. The minimum atomic E-state index is -0.593. The average molecular weight is 278 g/mol. The SMILES string of the molecule is CC1=CC(=O)O[C@H](/C=C/C[C@@H](O)/C=C\C=C(/C)CO)C1. The van der Waals surface area contributed by atoms with Gasteiger partial charge in [-0.25, -0.2) is 4.79 Å². The molecular formula is C16H22O4. The summed E-state index contributed by atoms with van der Waals surface area (Å²) in [5.41, 5.74) is 1.83. The van der Waals surface area contributed by atoms with Crippen LogP contribution in [0.4, 0.5) is 0 Å². The number of aliphatic hydroxyl groups excluding tert-OH is 2. The molecule has 4 nitrogen and oxygen atoms in total. The Balaban J connectivity index is 2.37. The van der Waals surface area contributed by atoms with E-state index in [-0.39, 0.29) is 18.7 Å². The van der Waals surface area contributed by atoms with Crippen LogP contribution < -0.4 is 0 Å². The molecule has 1 aliphatic rings. The molecule has 2 N–H and O–H groups in total. The van der Waals surface area contributed by atoms with E-state index in [1.54, 1.807) is 24.3 Å². The van der Waals surface area contributed by atoms with E-state index in [9.17, 15) is 9.90 Å². The zero-order valence-electron chi connectivity index (χ0n) is 12.0. The number of allylic oxidation sites excluding steroid dienone is 2. The van der Waals surface area contributed by atoms with Gasteiger partial charge >= 0.3 is 5.97 Å². The van der Waals surface area contributed by atoms with Crippen LogP contribution in [0.5, 0.6) is 0 Å². The molecule has 0 fully saturated rings. The second kappa shape index (κ2) is 8.51. The number of hydrogen-bond donors (Lipinski definition) is 2. The van der Waals surface area contributed by atoms with Crippen LogP contribution in [0.2, 0.25) is 0 Å². The molecule has 0 radical (unpaired) electrons. The number of carbonyl (C=O) groups is 1. The molecular weight excluding hydrogens is 256 g/mol. The third kappa shape index (κ3) is 6.50. The highest BCUT2D eigenvalue weighted by molar-refractivity contribution is 5.83. The predicted octanol–water partition coefficient (Wildman–Crippen LogP) is 2.05.